The van der Waals surface area contributed by atoms with Gasteiger partial charge in [0.25, 0.3) is 0 Å². The number of aliphatic hydroxyl groups is 2. The highest BCUT2D eigenvalue weighted by atomic mass is 80.0. The van der Waals surface area contributed by atoms with Gasteiger partial charge in [0, 0.05) is 0 Å². The number of alkyl halides is 3. The summed E-state index contributed by atoms with van der Waals surface area (Å²) in [6.45, 7) is 3.59. The van der Waals surface area contributed by atoms with Gasteiger partial charge in [0.2, 0.25) is 0 Å². The van der Waals surface area contributed by atoms with Gasteiger partial charge in [-0.3, -0.25) is 0 Å². The first-order valence-electron chi connectivity index (χ1n) is 3.68. The summed E-state index contributed by atoms with van der Waals surface area (Å²) >= 11 is 9.71. The lowest BCUT2D eigenvalue weighted by molar-refractivity contribution is 0.0844. The Bertz CT molecular complexity index is 133. The molecule has 0 aliphatic carbocycles. The van der Waals surface area contributed by atoms with Gasteiger partial charge in [0.15, 0.2) is 2.14 Å². The third-order valence-corrected chi connectivity index (χ3v) is 2.99. The first kappa shape index (κ1) is 13.4. The van der Waals surface area contributed by atoms with E-state index in [4.69, 9.17) is 5.11 Å². The zero-order valence-electron chi connectivity index (χ0n) is 6.97. The van der Waals surface area contributed by atoms with Crippen LogP contribution < -0.4 is 0 Å². The van der Waals surface area contributed by atoms with E-state index >= 15 is 0 Å². The predicted molar refractivity (Wildman–Crippen MR) is 61.0 cm³/mol. The highest BCUT2D eigenvalue weighted by molar-refractivity contribution is 9.39. The fraction of sp³-hybridized carbons (Fsp3) is 1.00. The van der Waals surface area contributed by atoms with Gasteiger partial charge in [-0.1, -0.05) is 54.7 Å². The molecular formula is C7H13Br3O2. The summed E-state index contributed by atoms with van der Waals surface area (Å²) in [5.74, 6) is 0.0168. The molecular weight excluding hydrogens is 356 g/mol. The molecule has 0 aromatic rings. The molecule has 2 nitrogen and oxygen atoms in total. The minimum atomic E-state index is -0.651. The highest BCUT2D eigenvalue weighted by Crippen LogP contribution is 2.40. The summed E-state index contributed by atoms with van der Waals surface area (Å²) < 4.78 is -0.651. The second-order valence-corrected chi connectivity index (χ2v) is 9.99. The average Bonchev–Trinajstić information content (AvgIpc) is 1.82. The molecule has 0 rings (SSSR count). The molecule has 0 aromatic heterocycles. The molecule has 0 aliphatic rings. The van der Waals surface area contributed by atoms with Gasteiger partial charge in [-0.05, 0) is 19.3 Å². The van der Waals surface area contributed by atoms with Gasteiger partial charge in [-0.2, -0.15) is 0 Å². The molecule has 0 amide bonds. The van der Waals surface area contributed by atoms with Gasteiger partial charge in [-0.15, -0.1) is 0 Å². The van der Waals surface area contributed by atoms with E-state index in [0.717, 1.165) is 0 Å². The Hall–Kier alpha value is 1.36. The molecule has 2 N–H and O–H groups in total. The van der Waals surface area contributed by atoms with Crippen molar-refractivity contribution in [2.45, 2.75) is 34.6 Å². The molecule has 0 heterocycles. The number of halogens is 3. The summed E-state index contributed by atoms with van der Waals surface area (Å²) in [5, 5.41) is 18.7. The van der Waals surface area contributed by atoms with Crippen LogP contribution in [0.1, 0.15) is 20.3 Å². The molecule has 0 bridgehead atoms. The van der Waals surface area contributed by atoms with Crippen molar-refractivity contribution in [3.05, 3.63) is 0 Å². The normalized spacial score (nSPS) is 20.2. The van der Waals surface area contributed by atoms with Crippen LogP contribution in [0.4, 0.5) is 0 Å². The lowest BCUT2D eigenvalue weighted by atomic mass is 9.99. The summed E-state index contributed by atoms with van der Waals surface area (Å²) in [6.07, 6.45) is -0.400. The van der Waals surface area contributed by atoms with Crippen molar-refractivity contribution >= 4 is 47.8 Å². The molecule has 0 radical (unpaired) electrons. The van der Waals surface area contributed by atoms with Crippen LogP contribution in [0.3, 0.4) is 0 Å². The fourth-order valence-electron chi connectivity index (χ4n) is 0.990. The molecule has 0 aliphatic heterocycles. The van der Waals surface area contributed by atoms with Crippen LogP contribution >= 0.6 is 47.8 Å². The minimum Gasteiger partial charge on any atom is -0.393 e. The van der Waals surface area contributed by atoms with Crippen LogP contribution in [0.25, 0.3) is 0 Å². The summed E-state index contributed by atoms with van der Waals surface area (Å²) in [6, 6.07) is 0. The molecule has 0 spiro atoms. The Balaban J connectivity index is 4.01. The van der Waals surface area contributed by atoms with Crippen LogP contribution in [-0.2, 0) is 0 Å². The molecule has 0 saturated heterocycles. The molecule has 12 heavy (non-hydrogen) atoms. The largest absolute Gasteiger partial charge is 0.393 e. The molecule has 5 heteroatoms. The third kappa shape index (κ3) is 5.17. The van der Waals surface area contributed by atoms with E-state index in [1.807, 2.05) is 6.92 Å². The van der Waals surface area contributed by atoms with Crippen molar-refractivity contribution in [1.82, 2.24) is 0 Å². The number of aliphatic hydroxyl groups excluding tert-OH is 2. The van der Waals surface area contributed by atoms with Crippen LogP contribution in [0.2, 0.25) is 0 Å². The predicted octanol–water partition coefficient (Wildman–Crippen LogP) is 2.59. The monoisotopic (exact) mass is 366 g/mol. The SMILES string of the molecule is CC(O)CC(C)C(O)C(Br)(Br)Br. The Morgan fingerprint density at radius 1 is 1.17 bits per heavy atom. The van der Waals surface area contributed by atoms with Crippen LogP contribution in [0.15, 0.2) is 0 Å². The maximum Gasteiger partial charge on any atom is 0.160 e. The van der Waals surface area contributed by atoms with E-state index in [2.05, 4.69) is 47.8 Å². The van der Waals surface area contributed by atoms with E-state index in [-0.39, 0.29) is 12.0 Å². The van der Waals surface area contributed by atoms with E-state index in [1.54, 1.807) is 6.92 Å². The first-order chi connectivity index (χ1) is 5.25. The van der Waals surface area contributed by atoms with Crippen molar-refractivity contribution in [2.75, 3.05) is 0 Å². The van der Waals surface area contributed by atoms with Crippen LogP contribution in [-0.4, -0.2) is 24.6 Å². The summed E-state index contributed by atoms with van der Waals surface area (Å²) in [5.41, 5.74) is 0. The fourth-order valence-corrected chi connectivity index (χ4v) is 2.34. The number of hydrogen-bond donors (Lipinski definition) is 2. The maximum atomic E-state index is 9.65. The first-order valence-corrected chi connectivity index (χ1v) is 6.06. The van der Waals surface area contributed by atoms with Gasteiger partial charge in [0.05, 0.1) is 12.2 Å². The van der Waals surface area contributed by atoms with Gasteiger partial charge in [0.1, 0.15) is 0 Å². The Morgan fingerprint density at radius 2 is 1.58 bits per heavy atom. The van der Waals surface area contributed by atoms with E-state index in [9.17, 15) is 5.11 Å². The Morgan fingerprint density at radius 3 is 1.83 bits per heavy atom. The number of hydrogen-bond acceptors (Lipinski definition) is 2. The molecule has 0 saturated carbocycles. The third-order valence-electron chi connectivity index (χ3n) is 1.59. The highest BCUT2D eigenvalue weighted by Gasteiger charge is 2.33. The lowest BCUT2D eigenvalue weighted by Gasteiger charge is -2.26. The molecule has 0 fully saturated rings. The average molecular weight is 369 g/mol. The Labute approximate surface area is 98.1 Å². The van der Waals surface area contributed by atoms with Crippen molar-refractivity contribution in [2.24, 2.45) is 5.92 Å². The van der Waals surface area contributed by atoms with Crippen LogP contribution in [0.5, 0.6) is 0 Å². The molecule has 3 atom stereocenters. The molecule has 0 aromatic carbocycles. The second kappa shape index (κ2) is 5.29. The van der Waals surface area contributed by atoms with Crippen molar-refractivity contribution in [3.63, 3.8) is 0 Å². The summed E-state index contributed by atoms with van der Waals surface area (Å²) in [7, 11) is 0. The van der Waals surface area contributed by atoms with E-state index in [0.29, 0.717) is 6.42 Å². The molecule has 74 valence electrons. The van der Waals surface area contributed by atoms with Gasteiger partial charge in [-0.25, -0.2) is 0 Å². The quantitative estimate of drug-likeness (QED) is 0.752. The van der Waals surface area contributed by atoms with E-state index in [1.165, 1.54) is 0 Å². The smallest absolute Gasteiger partial charge is 0.160 e. The van der Waals surface area contributed by atoms with E-state index < -0.39 is 8.25 Å². The topological polar surface area (TPSA) is 40.5 Å². The summed E-state index contributed by atoms with van der Waals surface area (Å²) in [4.78, 5) is 0. The van der Waals surface area contributed by atoms with Crippen molar-refractivity contribution < 1.29 is 10.2 Å². The zero-order chi connectivity index (χ0) is 9.94. The van der Waals surface area contributed by atoms with Crippen LogP contribution in [0, 0.1) is 5.92 Å². The van der Waals surface area contributed by atoms with Crippen molar-refractivity contribution in [3.8, 4) is 0 Å². The Kier molecular flexibility index (Phi) is 5.89. The zero-order valence-corrected chi connectivity index (χ0v) is 11.7. The minimum absolute atomic E-state index is 0.0168. The lowest BCUT2D eigenvalue weighted by Crippen LogP contribution is -2.32. The van der Waals surface area contributed by atoms with Gasteiger partial charge >= 0.3 is 0 Å². The number of rotatable bonds is 3. The maximum absolute atomic E-state index is 9.65. The molecule has 3 unspecified atom stereocenters. The second-order valence-electron chi connectivity index (χ2n) is 3.05. The standard InChI is InChI=1S/C7H13Br3O2/c1-4(3-5(2)11)6(12)7(8,9)10/h4-6,11-12H,3H2,1-2H3. The van der Waals surface area contributed by atoms with Gasteiger partial charge < -0.3 is 10.2 Å². The van der Waals surface area contributed by atoms with Crippen molar-refractivity contribution in [1.29, 1.82) is 0 Å².